The molecule has 1 saturated heterocycles. The minimum Gasteiger partial charge on any atom is -0.358 e. The number of nitrogens with zero attached hydrogens (tertiary/aromatic N) is 1. The Morgan fingerprint density at radius 3 is 2.60 bits per heavy atom. The second-order valence-corrected chi connectivity index (χ2v) is 10.8. The predicted octanol–water partition coefficient (Wildman–Crippen LogP) is 3.87. The molecule has 1 fully saturated rings. The number of nitrogens with two attached hydrogens (primary N) is 1. The normalized spacial score (nSPS) is 16.1. The van der Waals surface area contributed by atoms with Crippen LogP contribution >= 0.6 is 0 Å². The van der Waals surface area contributed by atoms with Gasteiger partial charge in [0, 0.05) is 73.8 Å². The maximum absolute atomic E-state index is 13.3. The van der Waals surface area contributed by atoms with Gasteiger partial charge >= 0.3 is 0 Å². The summed E-state index contributed by atoms with van der Waals surface area (Å²) < 4.78 is 0. The van der Waals surface area contributed by atoms with Crippen molar-refractivity contribution in [1.82, 2.24) is 20.2 Å². The van der Waals surface area contributed by atoms with Crippen LogP contribution < -0.4 is 16.6 Å². The average molecular weight is 540 g/mol. The zero-order valence-corrected chi connectivity index (χ0v) is 22.9. The maximum atomic E-state index is 13.3. The Hall–Kier alpha value is -4.17. The smallest absolute Gasteiger partial charge is 0.247 e. The lowest BCUT2D eigenvalue weighted by atomic mass is 9.90. The van der Waals surface area contributed by atoms with Crippen molar-refractivity contribution in [2.75, 3.05) is 19.6 Å². The number of likely N-dealkylation sites (tertiary alicyclic amines) is 1. The largest absolute Gasteiger partial charge is 0.358 e. The summed E-state index contributed by atoms with van der Waals surface area (Å²) >= 11 is 0. The van der Waals surface area contributed by atoms with E-state index in [1.54, 1.807) is 12.3 Å². The molecular weight excluding hydrogens is 502 g/mol. The molecule has 0 saturated carbocycles. The number of carbonyl (C=O) groups is 2. The van der Waals surface area contributed by atoms with Gasteiger partial charge in [0.2, 0.25) is 17.4 Å². The highest BCUT2D eigenvalue weighted by Gasteiger charge is 2.28. The number of para-hydroxylation sites is 1. The summed E-state index contributed by atoms with van der Waals surface area (Å²) in [5.74, 6) is 0.281. The molecule has 0 bridgehead atoms. The molecule has 2 aromatic heterocycles. The van der Waals surface area contributed by atoms with Gasteiger partial charge in [-0.1, -0.05) is 42.5 Å². The van der Waals surface area contributed by atoms with E-state index < -0.39 is 0 Å². The summed E-state index contributed by atoms with van der Waals surface area (Å²) in [5.41, 5.74) is 12.9. The summed E-state index contributed by atoms with van der Waals surface area (Å²) in [6, 6.07) is 19.4. The molecular formula is C32H37N5O3. The van der Waals surface area contributed by atoms with Crippen molar-refractivity contribution in [3.63, 3.8) is 0 Å². The number of hydrogen-bond acceptors (Lipinski definition) is 4. The number of hydrogen-bond donors (Lipinski definition) is 4. The molecule has 4 aromatic rings. The van der Waals surface area contributed by atoms with Crippen LogP contribution in [0.4, 0.5) is 0 Å². The van der Waals surface area contributed by atoms with Crippen molar-refractivity contribution >= 4 is 22.7 Å². The van der Waals surface area contributed by atoms with Crippen molar-refractivity contribution in [3.8, 4) is 11.1 Å². The summed E-state index contributed by atoms with van der Waals surface area (Å²) in [6.45, 7) is 3.53. The topological polar surface area (TPSA) is 124 Å². The van der Waals surface area contributed by atoms with Crippen LogP contribution in [0.2, 0.25) is 0 Å². The minimum atomic E-state index is -0.270. The van der Waals surface area contributed by atoms with Gasteiger partial charge in [0.05, 0.1) is 0 Å². The Balaban J connectivity index is 1.21. The average Bonchev–Trinajstić information content (AvgIpc) is 3.32. The fourth-order valence-electron chi connectivity index (χ4n) is 5.79. The Labute approximate surface area is 234 Å². The third-order valence-corrected chi connectivity index (χ3v) is 7.78. The molecule has 3 heterocycles. The highest BCUT2D eigenvalue weighted by molar-refractivity contribution is 5.85. The van der Waals surface area contributed by atoms with E-state index in [-0.39, 0.29) is 29.3 Å². The Morgan fingerprint density at radius 1 is 1.07 bits per heavy atom. The third-order valence-electron chi connectivity index (χ3n) is 7.78. The second kappa shape index (κ2) is 12.3. The molecule has 2 atom stereocenters. The molecule has 5 rings (SSSR count). The molecule has 2 amide bonds. The van der Waals surface area contributed by atoms with Gasteiger partial charge in [-0.3, -0.25) is 14.4 Å². The second-order valence-electron chi connectivity index (χ2n) is 10.8. The third kappa shape index (κ3) is 6.51. The van der Waals surface area contributed by atoms with Gasteiger partial charge in [0.1, 0.15) is 0 Å². The van der Waals surface area contributed by atoms with Crippen LogP contribution in [-0.4, -0.2) is 52.4 Å². The van der Waals surface area contributed by atoms with Crippen LogP contribution in [0.15, 0.2) is 71.7 Å². The van der Waals surface area contributed by atoms with Gasteiger partial charge in [-0.2, -0.15) is 0 Å². The number of rotatable bonds is 9. The standard InChI is InChI=1S/C32H37N5O3/c1-21(38)34-15-14-28-27-6-2-3-7-29(27)36-32(28)25-5-4-16-37(20-25)31(40)18-26(33)17-22-8-10-23(11-9-22)24-12-13-30(39)35-19-24/h2-3,6-13,19,25-26,36H,4-5,14-18,20,33H2,1H3,(H,34,38)(H,35,39). The van der Waals surface area contributed by atoms with Crippen LogP contribution in [0.25, 0.3) is 22.0 Å². The number of carbonyl (C=O) groups excluding carboxylic acids is 2. The number of nitrogens with one attached hydrogen (secondary N) is 3. The number of H-pyrrole nitrogens is 2. The first-order chi connectivity index (χ1) is 19.4. The molecule has 40 heavy (non-hydrogen) atoms. The Bertz CT molecular complexity index is 1520. The molecule has 5 N–H and O–H groups in total. The first-order valence-corrected chi connectivity index (χ1v) is 14.0. The van der Waals surface area contributed by atoms with E-state index in [0.29, 0.717) is 25.9 Å². The molecule has 0 spiro atoms. The van der Waals surface area contributed by atoms with Gasteiger partial charge in [-0.15, -0.1) is 0 Å². The molecule has 8 nitrogen and oxygen atoms in total. The number of piperidine rings is 1. The van der Waals surface area contributed by atoms with Gasteiger partial charge in [0.15, 0.2) is 0 Å². The first-order valence-electron chi connectivity index (χ1n) is 14.0. The Kier molecular flexibility index (Phi) is 8.45. The highest BCUT2D eigenvalue weighted by Crippen LogP contribution is 2.33. The summed E-state index contributed by atoms with van der Waals surface area (Å²) in [4.78, 5) is 44.4. The number of amides is 2. The van der Waals surface area contributed by atoms with Crippen molar-refractivity contribution in [1.29, 1.82) is 0 Å². The Morgan fingerprint density at radius 2 is 1.85 bits per heavy atom. The number of aromatic amines is 2. The lowest BCUT2D eigenvalue weighted by Crippen LogP contribution is -2.42. The van der Waals surface area contributed by atoms with E-state index in [1.807, 2.05) is 41.3 Å². The SMILES string of the molecule is CC(=O)NCCc1c(C2CCCN(C(=O)CC(N)Cc3ccc(-c4ccc(=O)[nH]c4)cc3)C2)[nH]c2ccccc12. The molecule has 0 radical (unpaired) electrons. The molecule has 208 valence electrons. The van der Waals surface area contributed by atoms with E-state index in [0.717, 1.165) is 48.0 Å². The number of benzene rings is 2. The molecule has 2 aromatic carbocycles. The van der Waals surface area contributed by atoms with Crippen molar-refractivity contribution < 1.29 is 9.59 Å². The first kappa shape index (κ1) is 27.4. The molecule has 0 aliphatic carbocycles. The van der Waals surface area contributed by atoms with Crippen molar-refractivity contribution in [2.45, 2.75) is 51.0 Å². The van der Waals surface area contributed by atoms with Crippen LogP contribution in [-0.2, 0) is 22.4 Å². The summed E-state index contributed by atoms with van der Waals surface area (Å²) in [6.07, 6.45) is 5.32. The van der Waals surface area contributed by atoms with Crippen LogP contribution in [0, 0.1) is 0 Å². The van der Waals surface area contributed by atoms with Crippen LogP contribution in [0.3, 0.4) is 0 Å². The van der Waals surface area contributed by atoms with E-state index in [9.17, 15) is 14.4 Å². The van der Waals surface area contributed by atoms with Gasteiger partial charge in [-0.25, -0.2) is 0 Å². The van der Waals surface area contributed by atoms with Crippen LogP contribution in [0.5, 0.6) is 0 Å². The van der Waals surface area contributed by atoms with Gasteiger partial charge < -0.3 is 25.9 Å². The zero-order valence-electron chi connectivity index (χ0n) is 22.9. The van der Waals surface area contributed by atoms with Crippen LogP contribution in [0.1, 0.15) is 48.9 Å². The summed E-state index contributed by atoms with van der Waals surface area (Å²) in [7, 11) is 0. The lowest BCUT2D eigenvalue weighted by molar-refractivity contribution is -0.132. The fraction of sp³-hybridized carbons (Fsp3) is 0.344. The van der Waals surface area contributed by atoms with E-state index >= 15 is 0 Å². The lowest BCUT2D eigenvalue weighted by Gasteiger charge is -2.33. The zero-order chi connectivity index (χ0) is 28.1. The molecule has 1 aliphatic rings. The quantitative estimate of drug-likeness (QED) is 0.258. The molecule has 2 unspecified atom stereocenters. The monoisotopic (exact) mass is 539 g/mol. The minimum absolute atomic E-state index is 0.0307. The fourth-order valence-corrected chi connectivity index (χ4v) is 5.79. The van der Waals surface area contributed by atoms with E-state index in [4.69, 9.17) is 5.73 Å². The van der Waals surface area contributed by atoms with Gasteiger partial charge in [-0.05, 0) is 60.1 Å². The number of fused-ring (bicyclic) bond motifs is 1. The number of pyridine rings is 1. The van der Waals surface area contributed by atoms with Crippen molar-refractivity contribution in [3.05, 3.63) is 94.0 Å². The predicted molar refractivity (Wildman–Crippen MR) is 158 cm³/mol. The van der Waals surface area contributed by atoms with E-state index in [1.165, 1.54) is 29.6 Å². The highest BCUT2D eigenvalue weighted by atomic mass is 16.2. The van der Waals surface area contributed by atoms with E-state index in [2.05, 4.69) is 27.4 Å². The summed E-state index contributed by atoms with van der Waals surface area (Å²) in [5, 5.41) is 4.10. The van der Waals surface area contributed by atoms with Gasteiger partial charge in [0.25, 0.3) is 0 Å². The van der Waals surface area contributed by atoms with Crippen molar-refractivity contribution in [2.24, 2.45) is 5.73 Å². The number of aromatic nitrogens is 2. The maximum Gasteiger partial charge on any atom is 0.247 e. The molecule has 8 heteroatoms. The molecule has 1 aliphatic heterocycles.